The molecule has 0 spiro atoms. The van der Waals surface area contributed by atoms with Crippen molar-refractivity contribution in [2.75, 3.05) is 5.73 Å². The second kappa shape index (κ2) is 4.66. The monoisotopic (exact) mass is 292 g/mol. The van der Waals surface area contributed by atoms with E-state index in [2.05, 4.69) is 37.8 Å². The number of anilines is 1. The predicted octanol–water partition coefficient (Wildman–Crippen LogP) is 2.96. The summed E-state index contributed by atoms with van der Waals surface area (Å²) >= 11 is 0. The van der Waals surface area contributed by atoms with E-state index in [1.165, 1.54) is 16.9 Å². The zero-order valence-corrected chi connectivity index (χ0v) is 12.8. The Kier molecular flexibility index (Phi) is 3.16. The zero-order valence-electron chi connectivity index (χ0n) is 12.8. The lowest BCUT2D eigenvalue weighted by Gasteiger charge is -2.29. The van der Waals surface area contributed by atoms with Crippen molar-refractivity contribution in [3.05, 3.63) is 23.9 Å². The average molecular weight is 292 g/mol. The lowest BCUT2D eigenvalue weighted by Crippen LogP contribution is -2.26. The quantitative estimate of drug-likeness (QED) is 0.924. The van der Waals surface area contributed by atoms with Gasteiger partial charge in [0.15, 0.2) is 5.82 Å². The van der Waals surface area contributed by atoms with Gasteiger partial charge >= 0.3 is 0 Å². The number of fused-ring (bicyclic) bond motifs is 1. The van der Waals surface area contributed by atoms with Crippen molar-refractivity contribution in [2.45, 2.75) is 46.3 Å². The van der Waals surface area contributed by atoms with Crippen LogP contribution in [0.5, 0.6) is 0 Å². The summed E-state index contributed by atoms with van der Waals surface area (Å²) in [5.74, 6) is 0.256. The fourth-order valence-electron chi connectivity index (χ4n) is 3.29. The lowest BCUT2D eigenvalue weighted by molar-refractivity contribution is 0.0101. The van der Waals surface area contributed by atoms with E-state index in [0.29, 0.717) is 17.1 Å². The van der Waals surface area contributed by atoms with Gasteiger partial charge in [-0.25, -0.2) is 13.9 Å². The van der Waals surface area contributed by atoms with Crippen LogP contribution in [0.3, 0.4) is 0 Å². The highest BCUT2D eigenvalue weighted by Gasteiger charge is 2.50. The van der Waals surface area contributed by atoms with Crippen LogP contribution in [-0.2, 0) is 4.74 Å². The molecule has 0 unspecified atom stereocenters. The van der Waals surface area contributed by atoms with Gasteiger partial charge in [0.1, 0.15) is 29.5 Å². The molecular weight excluding hydrogens is 271 g/mol. The normalized spacial score (nSPS) is 28.3. The van der Waals surface area contributed by atoms with Crippen molar-refractivity contribution < 1.29 is 9.13 Å². The Morgan fingerprint density at radius 3 is 2.81 bits per heavy atom. The summed E-state index contributed by atoms with van der Waals surface area (Å²) in [4.78, 5) is 3.91. The van der Waals surface area contributed by atoms with Gasteiger partial charge < -0.3 is 10.5 Å². The van der Waals surface area contributed by atoms with Crippen LogP contribution in [0.4, 0.5) is 10.2 Å². The molecule has 3 heterocycles. The number of nitrogen functional groups attached to an aromatic ring is 1. The number of nitrogens with two attached hydrogens (primary N) is 1. The Bertz CT molecular complexity index is 682. The number of aromatic nitrogens is 3. The molecule has 6 heteroatoms. The van der Waals surface area contributed by atoms with E-state index in [0.717, 1.165) is 6.42 Å². The van der Waals surface area contributed by atoms with Gasteiger partial charge in [0.25, 0.3) is 0 Å². The fraction of sp³-hybridized carbons (Fsp3) is 0.600. The largest absolute Gasteiger partial charge is 0.382 e. The number of hydrogen-bond acceptors (Lipinski definition) is 4. The number of hydrogen-bond donors (Lipinski definition) is 1. The number of rotatable bonds is 2. The van der Waals surface area contributed by atoms with E-state index < -0.39 is 0 Å². The molecular formula is C15H21FN4O. The van der Waals surface area contributed by atoms with Crippen molar-refractivity contribution in [2.24, 2.45) is 11.3 Å². The molecule has 0 amide bonds. The van der Waals surface area contributed by atoms with E-state index in [4.69, 9.17) is 10.5 Å². The van der Waals surface area contributed by atoms with E-state index in [1.807, 2.05) is 0 Å². The summed E-state index contributed by atoms with van der Waals surface area (Å²) < 4.78 is 22.2. The predicted molar refractivity (Wildman–Crippen MR) is 78.2 cm³/mol. The van der Waals surface area contributed by atoms with Crippen LogP contribution in [0.2, 0.25) is 0 Å². The minimum absolute atomic E-state index is 0.120. The second-order valence-electron chi connectivity index (χ2n) is 6.39. The summed E-state index contributed by atoms with van der Waals surface area (Å²) in [6.07, 6.45) is 2.01. The maximum absolute atomic E-state index is 14.5. The second-order valence-corrected chi connectivity index (χ2v) is 6.39. The summed E-state index contributed by atoms with van der Waals surface area (Å²) in [6, 6.07) is 1.38. The molecule has 1 fully saturated rings. The molecule has 3 atom stereocenters. The SMILES string of the molecule is CC[C@H]1O[C@@H](c2c(F)cc3c(N)ncnn23)C(C)(C)[C@@H]1C. The Balaban J connectivity index is 2.17. The smallest absolute Gasteiger partial charge is 0.151 e. The highest BCUT2D eigenvalue weighted by atomic mass is 19.1. The molecule has 1 saturated heterocycles. The minimum atomic E-state index is -0.353. The van der Waals surface area contributed by atoms with Crippen LogP contribution in [0, 0.1) is 17.2 Å². The summed E-state index contributed by atoms with van der Waals surface area (Å²) in [5, 5.41) is 4.15. The molecule has 2 N–H and O–H groups in total. The Morgan fingerprint density at radius 1 is 1.48 bits per heavy atom. The summed E-state index contributed by atoms with van der Waals surface area (Å²) in [5.41, 5.74) is 6.54. The van der Waals surface area contributed by atoms with Crippen molar-refractivity contribution in [3.63, 3.8) is 0 Å². The minimum Gasteiger partial charge on any atom is -0.382 e. The molecule has 0 aromatic carbocycles. The third-order valence-electron chi connectivity index (χ3n) is 4.96. The highest BCUT2D eigenvalue weighted by Crippen LogP contribution is 2.52. The standard InChI is InChI=1S/C15H21FN4O/c1-5-11-8(2)15(3,4)13(21-11)12-9(16)6-10-14(17)18-7-19-20(10)12/h6-8,11,13H,5H2,1-4H3,(H2,17,18,19)/t8-,11-,13+/m1/s1. The first-order valence-electron chi connectivity index (χ1n) is 7.31. The number of halogens is 1. The molecule has 1 aliphatic heterocycles. The van der Waals surface area contributed by atoms with Crippen LogP contribution in [-0.4, -0.2) is 20.7 Å². The van der Waals surface area contributed by atoms with Crippen LogP contribution < -0.4 is 5.73 Å². The molecule has 21 heavy (non-hydrogen) atoms. The maximum atomic E-state index is 14.5. The molecule has 2 aromatic rings. The van der Waals surface area contributed by atoms with Crippen LogP contribution in [0.25, 0.3) is 5.52 Å². The van der Waals surface area contributed by atoms with Gasteiger partial charge in [-0.2, -0.15) is 5.10 Å². The average Bonchev–Trinajstić information content (AvgIpc) is 2.87. The fourth-order valence-corrected chi connectivity index (χ4v) is 3.29. The molecule has 5 nitrogen and oxygen atoms in total. The van der Waals surface area contributed by atoms with Crippen LogP contribution >= 0.6 is 0 Å². The first-order valence-corrected chi connectivity index (χ1v) is 7.31. The first kappa shape index (κ1) is 14.3. The van der Waals surface area contributed by atoms with Crippen LogP contribution in [0.1, 0.15) is 45.9 Å². The Hall–Kier alpha value is -1.69. The van der Waals surface area contributed by atoms with Crippen molar-refractivity contribution in [1.29, 1.82) is 0 Å². The van der Waals surface area contributed by atoms with Gasteiger partial charge in [0.05, 0.1) is 6.10 Å². The number of nitrogens with zero attached hydrogens (tertiary/aromatic N) is 3. The van der Waals surface area contributed by atoms with Crippen molar-refractivity contribution in [3.8, 4) is 0 Å². The van der Waals surface area contributed by atoms with Gasteiger partial charge in [0, 0.05) is 11.5 Å². The van der Waals surface area contributed by atoms with Gasteiger partial charge in [-0.15, -0.1) is 0 Å². The third-order valence-corrected chi connectivity index (χ3v) is 4.96. The molecule has 0 aliphatic carbocycles. The Labute approximate surface area is 123 Å². The van der Waals surface area contributed by atoms with Crippen LogP contribution in [0.15, 0.2) is 12.4 Å². The molecule has 0 bridgehead atoms. The molecule has 0 saturated carbocycles. The molecule has 2 aromatic heterocycles. The van der Waals surface area contributed by atoms with Gasteiger partial charge in [-0.1, -0.05) is 27.7 Å². The Morgan fingerprint density at radius 2 is 2.19 bits per heavy atom. The summed E-state index contributed by atoms with van der Waals surface area (Å²) in [7, 11) is 0. The molecule has 3 rings (SSSR count). The van der Waals surface area contributed by atoms with Crippen molar-refractivity contribution >= 4 is 11.3 Å². The van der Waals surface area contributed by atoms with E-state index in [-0.39, 0.29) is 29.3 Å². The lowest BCUT2D eigenvalue weighted by atomic mass is 9.74. The van der Waals surface area contributed by atoms with E-state index in [1.54, 1.807) is 0 Å². The van der Waals surface area contributed by atoms with Crippen molar-refractivity contribution in [1.82, 2.24) is 14.6 Å². The van der Waals surface area contributed by atoms with E-state index >= 15 is 0 Å². The first-order chi connectivity index (χ1) is 9.87. The number of ether oxygens (including phenoxy) is 1. The maximum Gasteiger partial charge on any atom is 0.151 e. The molecule has 1 aliphatic rings. The summed E-state index contributed by atoms with van der Waals surface area (Å²) in [6.45, 7) is 8.47. The highest BCUT2D eigenvalue weighted by molar-refractivity contribution is 5.65. The van der Waals surface area contributed by atoms with Gasteiger partial charge in [-0.3, -0.25) is 0 Å². The third kappa shape index (κ3) is 1.92. The molecule has 0 radical (unpaired) electrons. The van der Waals surface area contributed by atoms with Gasteiger partial charge in [-0.05, 0) is 12.3 Å². The van der Waals surface area contributed by atoms with Gasteiger partial charge in [0.2, 0.25) is 0 Å². The topological polar surface area (TPSA) is 65.4 Å². The van der Waals surface area contributed by atoms with E-state index in [9.17, 15) is 4.39 Å². The zero-order chi connectivity index (χ0) is 15.4. The molecule has 114 valence electrons.